The molecule has 0 radical (unpaired) electrons. The predicted molar refractivity (Wildman–Crippen MR) is 218 cm³/mol. The first-order valence-corrected chi connectivity index (χ1v) is 22.1. The van der Waals surface area contributed by atoms with Crippen molar-refractivity contribution in [3.05, 3.63) is 24.3 Å². The molecule has 5 heteroatoms. The highest BCUT2D eigenvalue weighted by Crippen LogP contribution is 2.16. The molecule has 0 spiro atoms. The molecule has 3 unspecified atom stereocenters. The first kappa shape index (κ1) is 48.8. The Hall–Kier alpha value is -1.17. The van der Waals surface area contributed by atoms with Gasteiger partial charge in [-0.2, -0.15) is 0 Å². The molecule has 0 fully saturated rings. The van der Waals surface area contributed by atoms with Crippen LogP contribution in [-0.2, 0) is 4.79 Å². The number of carbonyl (C=O) groups is 1. The Morgan fingerprint density at radius 3 is 1.30 bits per heavy atom. The summed E-state index contributed by atoms with van der Waals surface area (Å²) in [5.74, 6) is -0.349. The van der Waals surface area contributed by atoms with Gasteiger partial charge in [0.15, 0.2) is 0 Å². The molecular weight excluding hydrogens is 618 g/mol. The maximum absolute atomic E-state index is 12.4. The van der Waals surface area contributed by atoms with E-state index in [4.69, 9.17) is 0 Å². The van der Waals surface area contributed by atoms with Gasteiger partial charge >= 0.3 is 0 Å². The first-order chi connectivity index (χ1) is 24.5. The van der Waals surface area contributed by atoms with Crippen molar-refractivity contribution in [1.82, 2.24) is 5.32 Å². The Morgan fingerprint density at radius 2 is 0.900 bits per heavy atom. The van der Waals surface area contributed by atoms with E-state index in [2.05, 4.69) is 31.3 Å². The molecule has 0 saturated carbocycles. The molecule has 0 bridgehead atoms. The van der Waals surface area contributed by atoms with Gasteiger partial charge in [-0.1, -0.05) is 224 Å². The van der Waals surface area contributed by atoms with Gasteiger partial charge in [-0.15, -0.1) is 0 Å². The predicted octanol–water partition coefficient (Wildman–Crippen LogP) is 12.6. The number of hydrogen-bond donors (Lipinski definition) is 4. The largest absolute Gasteiger partial charge is 0.394 e. The van der Waals surface area contributed by atoms with Gasteiger partial charge in [0, 0.05) is 0 Å². The van der Waals surface area contributed by atoms with Crippen LogP contribution in [-0.4, -0.2) is 46.1 Å². The van der Waals surface area contributed by atoms with Crippen molar-refractivity contribution >= 4 is 5.91 Å². The molecule has 1 amide bonds. The van der Waals surface area contributed by atoms with Crippen molar-refractivity contribution in [2.45, 2.75) is 250 Å². The van der Waals surface area contributed by atoms with E-state index in [9.17, 15) is 20.1 Å². The van der Waals surface area contributed by atoms with E-state index < -0.39 is 18.2 Å². The van der Waals surface area contributed by atoms with E-state index in [0.29, 0.717) is 6.42 Å². The van der Waals surface area contributed by atoms with E-state index >= 15 is 0 Å². The molecule has 0 aromatic carbocycles. The fraction of sp³-hybridized carbons (Fsp3) is 0.889. The summed E-state index contributed by atoms with van der Waals surface area (Å²) < 4.78 is 0. The number of nitrogens with one attached hydrogen (secondary N) is 1. The van der Waals surface area contributed by atoms with Crippen LogP contribution >= 0.6 is 0 Å². The van der Waals surface area contributed by atoms with Gasteiger partial charge in [-0.25, -0.2) is 0 Å². The van der Waals surface area contributed by atoms with E-state index in [1.165, 1.54) is 180 Å². The van der Waals surface area contributed by atoms with E-state index in [0.717, 1.165) is 25.7 Å². The van der Waals surface area contributed by atoms with Crippen LogP contribution in [0.1, 0.15) is 232 Å². The Bertz CT molecular complexity index is 739. The van der Waals surface area contributed by atoms with Crippen LogP contribution in [0.25, 0.3) is 0 Å². The molecular formula is C45H87NO4. The third-order valence-electron chi connectivity index (χ3n) is 10.3. The lowest BCUT2D eigenvalue weighted by Gasteiger charge is -2.22. The second kappa shape index (κ2) is 40.6. The van der Waals surface area contributed by atoms with Crippen molar-refractivity contribution in [3.8, 4) is 0 Å². The maximum Gasteiger partial charge on any atom is 0.223 e. The molecule has 0 aromatic heterocycles. The molecule has 0 aliphatic heterocycles. The Labute approximate surface area is 312 Å². The zero-order chi connectivity index (χ0) is 36.6. The first-order valence-electron chi connectivity index (χ1n) is 22.1. The van der Waals surface area contributed by atoms with Crippen LogP contribution in [0.4, 0.5) is 0 Å². The topological polar surface area (TPSA) is 89.8 Å². The zero-order valence-electron chi connectivity index (χ0n) is 33.5. The van der Waals surface area contributed by atoms with Crippen molar-refractivity contribution in [2.75, 3.05) is 6.61 Å². The van der Waals surface area contributed by atoms with Crippen LogP contribution in [0.2, 0.25) is 0 Å². The Balaban J connectivity index is 3.59. The summed E-state index contributed by atoms with van der Waals surface area (Å²) in [6, 6.07) is -0.687. The van der Waals surface area contributed by atoms with Crippen LogP contribution in [0.3, 0.4) is 0 Å². The molecule has 296 valence electrons. The zero-order valence-corrected chi connectivity index (χ0v) is 33.5. The quantitative estimate of drug-likeness (QED) is 0.0377. The van der Waals surface area contributed by atoms with E-state index in [-0.39, 0.29) is 18.9 Å². The smallest absolute Gasteiger partial charge is 0.223 e. The van der Waals surface area contributed by atoms with Gasteiger partial charge in [0.2, 0.25) is 5.91 Å². The van der Waals surface area contributed by atoms with Crippen LogP contribution in [0.15, 0.2) is 24.3 Å². The fourth-order valence-electron chi connectivity index (χ4n) is 6.87. The minimum absolute atomic E-state index is 0.0688. The molecule has 0 aromatic rings. The minimum atomic E-state index is -0.868. The van der Waals surface area contributed by atoms with Crippen LogP contribution in [0.5, 0.6) is 0 Å². The molecule has 0 rings (SSSR count). The van der Waals surface area contributed by atoms with Gasteiger partial charge in [0.25, 0.3) is 0 Å². The molecule has 0 saturated heterocycles. The average molecular weight is 706 g/mol. The number of aliphatic hydroxyl groups is 3. The molecule has 50 heavy (non-hydrogen) atoms. The van der Waals surface area contributed by atoms with Gasteiger partial charge in [-0.3, -0.25) is 4.79 Å². The molecule has 3 atom stereocenters. The number of rotatable bonds is 40. The van der Waals surface area contributed by atoms with Gasteiger partial charge < -0.3 is 20.6 Å². The second-order valence-electron chi connectivity index (χ2n) is 15.3. The summed E-state index contributed by atoms with van der Waals surface area (Å²) in [6.45, 7) is 4.22. The monoisotopic (exact) mass is 706 g/mol. The molecule has 5 nitrogen and oxygen atoms in total. The summed E-state index contributed by atoms with van der Waals surface area (Å²) >= 11 is 0. The molecule has 0 heterocycles. The number of hydrogen-bond acceptors (Lipinski definition) is 4. The number of aliphatic hydroxyl groups excluding tert-OH is 3. The van der Waals surface area contributed by atoms with Crippen molar-refractivity contribution in [2.24, 2.45) is 0 Å². The molecule has 0 aliphatic carbocycles. The van der Waals surface area contributed by atoms with Crippen molar-refractivity contribution in [3.63, 3.8) is 0 Å². The lowest BCUT2D eigenvalue weighted by Crippen LogP contribution is -2.46. The number of allylic oxidation sites excluding steroid dienone is 3. The molecule has 0 aliphatic rings. The summed E-state index contributed by atoms with van der Waals surface area (Å²) in [5.41, 5.74) is 0. The summed E-state index contributed by atoms with van der Waals surface area (Å²) in [7, 11) is 0. The fourth-order valence-corrected chi connectivity index (χ4v) is 6.87. The normalized spacial score (nSPS) is 13.8. The number of unbranched alkanes of at least 4 members (excludes halogenated alkanes) is 29. The number of amides is 1. The average Bonchev–Trinajstić information content (AvgIpc) is 3.11. The minimum Gasteiger partial charge on any atom is -0.394 e. The lowest BCUT2D eigenvalue weighted by molar-refractivity contribution is -0.124. The maximum atomic E-state index is 12.4. The summed E-state index contributed by atoms with van der Waals surface area (Å²) in [5, 5.41) is 33.2. The second-order valence-corrected chi connectivity index (χ2v) is 15.3. The standard InChI is InChI=1S/C45H87NO4/c1-3-5-7-9-11-13-15-16-17-18-19-20-21-22-23-24-25-26-27-29-31-33-35-37-39-44(49)43(41-47)46-45(50)40-42(48)38-36-34-32-30-28-14-12-10-8-6-4-2/h30,32,36,38,42-44,47-49H,3-29,31,33-35,37,39-41H2,1-2H3,(H,46,50)/b32-30-,38-36-. The van der Waals surface area contributed by atoms with Gasteiger partial charge in [-0.05, 0) is 25.7 Å². The number of carbonyl (C=O) groups excluding carboxylic acids is 1. The highest BCUT2D eigenvalue weighted by Gasteiger charge is 2.21. The van der Waals surface area contributed by atoms with Crippen molar-refractivity contribution in [1.29, 1.82) is 0 Å². The third kappa shape index (κ3) is 36.6. The SMILES string of the molecule is CCCCCCCC/C=C\C/C=C\C(O)CC(=O)NC(CO)C(O)CCCCCCCCCCCCCCCCCCCCCCCCCC. The molecule has 4 N–H and O–H groups in total. The highest BCUT2D eigenvalue weighted by atomic mass is 16.3. The summed E-state index contributed by atoms with van der Waals surface area (Å²) in [4.78, 5) is 12.4. The highest BCUT2D eigenvalue weighted by molar-refractivity contribution is 5.77. The lowest BCUT2D eigenvalue weighted by atomic mass is 10.0. The van der Waals surface area contributed by atoms with E-state index in [1.54, 1.807) is 6.08 Å². The summed E-state index contributed by atoms with van der Waals surface area (Å²) in [6.07, 6.45) is 49.0. The Kier molecular flexibility index (Phi) is 39.6. The van der Waals surface area contributed by atoms with Gasteiger partial charge in [0.05, 0.1) is 31.3 Å². The Morgan fingerprint density at radius 1 is 0.520 bits per heavy atom. The van der Waals surface area contributed by atoms with Crippen LogP contribution < -0.4 is 5.32 Å². The van der Waals surface area contributed by atoms with E-state index in [1.807, 2.05) is 6.08 Å². The van der Waals surface area contributed by atoms with Crippen molar-refractivity contribution < 1.29 is 20.1 Å². The van der Waals surface area contributed by atoms with Crippen LogP contribution in [0, 0.1) is 0 Å². The third-order valence-corrected chi connectivity index (χ3v) is 10.3. The van der Waals surface area contributed by atoms with Gasteiger partial charge in [0.1, 0.15) is 0 Å².